The van der Waals surface area contributed by atoms with E-state index in [2.05, 4.69) is 83.4 Å². The second kappa shape index (κ2) is 5.59. The van der Waals surface area contributed by atoms with E-state index in [-0.39, 0.29) is 0 Å². The molecule has 2 aromatic heterocycles. The van der Waals surface area contributed by atoms with Crippen molar-refractivity contribution in [1.82, 2.24) is 4.57 Å². The van der Waals surface area contributed by atoms with Gasteiger partial charge in [0.25, 0.3) is 0 Å². The van der Waals surface area contributed by atoms with Gasteiger partial charge >= 0.3 is 0 Å². The second-order valence-electron chi connectivity index (χ2n) is 6.78. The van der Waals surface area contributed by atoms with Crippen LogP contribution in [-0.4, -0.2) is 4.57 Å². The third kappa shape index (κ3) is 2.11. The van der Waals surface area contributed by atoms with E-state index in [0.717, 1.165) is 21.5 Å². The highest BCUT2D eigenvalue weighted by Gasteiger charge is 2.17. The summed E-state index contributed by atoms with van der Waals surface area (Å²) >= 11 is 8.52. The van der Waals surface area contributed by atoms with Crippen molar-refractivity contribution in [2.24, 2.45) is 0 Å². The van der Waals surface area contributed by atoms with E-state index in [0.29, 0.717) is 0 Å². The lowest BCUT2D eigenvalue weighted by molar-refractivity contribution is 1.19. The zero-order chi connectivity index (χ0) is 18.0. The lowest BCUT2D eigenvalue weighted by atomic mass is 10.1. The van der Waals surface area contributed by atoms with Crippen LogP contribution >= 0.6 is 22.9 Å². The monoisotopic (exact) mass is 383 g/mol. The van der Waals surface area contributed by atoms with Crippen LogP contribution in [0.4, 0.5) is 0 Å². The van der Waals surface area contributed by atoms with Gasteiger partial charge in [-0.3, -0.25) is 0 Å². The molecule has 0 unspecified atom stereocenters. The summed E-state index contributed by atoms with van der Waals surface area (Å²) in [5.41, 5.74) is 3.59. The van der Waals surface area contributed by atoms with E-state index >= 15 is 0 Å². The number of rotatable bonds is 1. The van der Waals surface area contributed by atoms with Gasteiger partial charge in [-0.05, 0) is 29.7 Å². The lowest BCUT2D eigenvalue weighted by Crippen LogP contribution is -1.94. The van der Waals surface area contributed by atoms with E-state index in [4.69, 9.17) is 11.6 Å². The zero-order valence-corrected chi connectivity index (χ0v) is 15.9. The molecule has 3 heteroatoms. The van der Waals surface area contributed by atoms with Gasteiger partial charge in [0, 0.05) is 26.5 Å². The van der Waals surface area contributed by atoms with E-state index in [1.807, 2.05) is 17.4 Å². The Hall–Kier alpha value is -2.81. The zero-order valence-electron chi connectivity index (χ0n) is 14.3. The minimum atomic E-state index is 0.786. The molecule has 0 atom stereocenters. The SMILES string of the molecule is Clc1cc(-n2c3ccccc3c3sc4ccccc4c32)cc2ccccc12. The Morgan fingerprint density at radius 2 is 1.41 bits per heavy atom. The number of hydrogen-bond donors (Lipinski definition) is 0. The molecule has 0 fully saturated rings. The molecule has 0 saturated heterocycles. The van der Waals surface area contributed by atoms with Crippen LogP contribution in [0.3, 0.4) is 0 Å². The first kappa shape index (κ1) is 15.3. The summed E-state index contributed by atoms with van der Waals surface area (Å²) in [5, 5.41) is 5.61. The molecule has 27 heavy (non-hydrogen) atoms. The van der Waals surface area contributed by atoms with Gasteiger partial charge in [-0.15, -0.1) is 11.3 Å². The summed E-state index contributed by atoms with van der Waals surface area (Å²) in [5.74, 6) is 0. The molecule has 0 N–H and O–H groups in total. The van der Waals surface area contributed by atoms with Gasteiger partial charge in [0.05, 0.1) is 20.8 Å². The van der Waals surface area contributed by atoms with Crippen LogP contribution in [0.5, 0.6) is 0 Å². The topological polar surface area (TPSA) is 4.93 Å². The molecule has 0 saturated carbocycles. The Labute approximate surface area is 165 Å². The third-order valence-corrected chi connectivity index (χ3v) is 6.74. The molecule has 6 aromatic rings. The summed E-state index contributed by atoms with van der Waals surface area (Å²) in [7, 11) is 0. The Balaban J connectivity index is 1.84. The highest BCUT2D eigenvalue weighted by atomic mass is 35.5. The van der Waals surface area contributed by atoms with Crippen molar-refractivity contribution in [2.75, 3.05) is 0 Å². The molecule has 0 aliphatic heterocycles. The van der Waals surface area contributed by atoms with E-state index < -0.39 is 0 Å². The molecular formula is C24H14ClNS. The van der Waals surface area contributed by atoms with Crippen LogP contribution in [0, 0.1) is 0 Å². The number of fused-ring (bicyclic) bond motifs is 6. The first-order chi connectivity index (χ1) is 13.3. The van der Waals surface area contributed by atoms with Crippen molar-refractivity contribution in [1.29, 1.82) is 0 Å². The standard InChI is InChI=1S/C24H14ClNS/c25-20-14-16(13-15-7-1-2-8-17(15)20)26-21-11-5-3-9-18(21)24-23(26)19-10-4-6-12-22(19)27-24/h1-14H. The van der Waals surface area contributed by atoms with Gasteiger partial charge in [0.15, 0.2) is 0 Å². The fourth-order valence-electron chi connectivity index (χ4n) is 4.06. The quantitative estimate of drug-likeness (QED) is 0.273. The first-order valence-corrected chi connectivity index (χ1v) is 10.1. The number of thiophene rings is 1. The Kier molecular flexibility index (Phi) is 3.16. The van der Waals surface area contributed by atoms with Crippen molar-refractivity contribution in [2.45, 2.75) is 0 Å². The summed E-state index contributed by atoms with van der Waals surface area (Å²) in [6.07, 6.45) is 0. The highest BCUT2D eigenvalue weighted by molar-refractivity contribution is 7.26. The van der Waals surface area contributed by atoms with Crippen molar-refractivity contribution >= 4 is 64.9 Å². The van der Waals surface area contributed by atoms with Gasteiger partial charge in [-0.1, -0.05) is 72.3 Å². The van der Waals surface area contributed by atoms with Gasteiger partial charge in [-0.25, -0.2) is 0 Å². The van der Waals surface area contributed by atoms with Crippen molar-refractivity contribution < 1.29 is 0 Å². The maximum Gasteiger partial charge on any atom is 0.0727 e. The smallest absolute Gasteiger partial charge is 0.0727 e. The summed E-state index contributed by atoms with van der Waals surface area (Å²) in [6, 6.07) is 29.9. The summed E-state index contributed by atoms with van der Waals surface area (Å²) in [4.78, 5) is 0. The van der Waals surface area contributed by atoms with Crippen LogP contribution in [0.15, 0.2) is 84.9 Å². The summed E-state index contributed by atoms with van der Waals surface area (Å²) in [6.45, 7) is 0. The largest absolute Gasteiger partial charge is 0.308 e. The minimum Gasteiger partial charge on any atom is -0.308 e. The number of benzene rings is 4. The average molecular weight is 384 g/mol. The minimum absolute atomic E-state index is 0.786. The molecule has 2 heterocycles. The van der Waals surface area contributed by atoms with Gasteiger partial charge in [0.2, 0.25) is 0 Å². The van der Waals surface area contributed by atoms with Crippen LogP contribution in [0.2, 0.25) is 5.02 Å². The predicted octanol–water partition coefficient (Wildman–Crippen LogP) is 7.81. The maximum absolute atomic E-state index is 6.66. The van der Waals surface area contributed by atoms with Gasteiger partial charge in [0.1, 0.15) is 0 Å². The summed E-state index contributed by atoms with van der Waals surface area (Å²) < 4.78 is 5.01. The van der Waals surface area contributed by atoms with E-state index in [1.165, 1.54) is 31.2 Å². The van der Waals surface area contributed by atoms with Crippen LogP contribution < -0.4 is 0 Å². The molecule has 128 valence electrons. The van der Waals surface area contributed by atoms with Crippen molar-refractivity contribution in [3.05, 3.63) is 90.0 Å². The maximum atomic E-state index is 6.66. The van der Waals surface area contributed by atoms with Crippen molar-refractivity contribution in [3.63, 3.8) is 0 Å². The molecule has 1 nitrogen and oxygen atoms in total. The number of nitrogens with zero attached hydrogens (tertiary/aromatic N) is 1. The Morgan fingerprint density at radius 1 is 0.704 bits per heavy atom. The van der Waals surface area contributed by atoms with Crippen LogP contribution in [-0.2, 0) is 0 Å². The van der Waals surface area contributed by atoms with E-state index in [9.17, 15) is 0 Å². The van der Waals surface area contributed by atoms with Gasteiger partial charge in [-0.2, -0.15) is 0 Å². The molecule has 6 rings (SSSR count). The highest BCUT2D eigenvalue weighted by Crippen LogP contribution is 2.42. The lowest BCUT2D eigenvalue weighted by Gasteiger charge is -2.11. The van der Waals surface area contributed by atoms with Crippen LogP contribution in [0.25, 0.3) is 47.7 Å². The second-order valence-corrected chi connectivity index (χ2v) is 8.24. The number of hydrogen-bond acceptors (Lipinski definition) is 1. The molecular weight excluding hydrogens is 370 g/mol. The fraction of sp³-hybridized carbons (Fsp3) is 0. The average Bonchev–Trinajstić information content (AvgIpc) is 3.23. The molecule has 0 aliphatic rings. The molecule has 0 aliphatic carbocycles. The normalized spacial score (nSPS) is 11.9. The Morgan fingerprint density at radius 3 is 2.30 bits per heavy atom. The van der Waals surface area contributed by atoms with E-state index in [1.54, 1.807) is 0 Å². The molecule has 0 spiro atoms. The number of halogens is 1. The van der Waals surface area contributed by atoms with Gasteiger partial charge < -0.3 is 4.57 Å². The predicted molar refractivity (Wildman–Crippen MR) is 119 cm³/mol. The van der Waals surface area contributed by atoms with Crippen LogP contribution in [0.1, 0.15) is 0 Å². The molecule has 4 aromatic carbocycles. The molecule has 0 radical (unpaired) electrons. The first-order valence-electron chi connectivity index (χ1n) is 8.90. The fourth-order valence-corrected chi connectivity index (χ4v) is 5.57. The third-order valence-electron chi connectivity index (χ3n) is 5.24. The number of para-hydroxylation sites is 1. The Bertz CT molecular complexity index is 1480. The van der Waals surface area contributed by atoms with Crippen molar-refractivity contribution in [3.8, 4) is 5.69 Å². The number of aromatic nitrogens is 1. The molecule has 0 bridgehead atoms. The molecule has 0 amide bonds.